The molecule has 0 atom stereocenters. The zero-order valence-corrected chi connectivity index (χ0v) is 9.22. The van der Waals surface area contributed by atoms with Crippen molar-refractivity contribution < 1.29 is 0 Å². The van der Waals surface area contributed by atoms with E-state index in [0.29, 0.717) is 29.6 Å². The summed E-state index contributed by atoms with van der Waals surface area (Å²) in [5.74, 6) is 0.959. The molecule has 88 valence electrons. The Morgan fingerprint density at radius 3 is 2.65 bits per heavy atom. The summed E-state index contributed by atoms with van der Waals surface area (Å²) < 4.78 is 0. The number of nitrogens with zero attached hydrogens (tertiary/aromatic N) is 2. The van der Waals surface area contributed by atoms with Crippen molar-refractivity contribution in [3.8, 4) is 0 Å². The van der Waals surface area contributed by atoms with Crippen LogP contribution in [-0.4, -0.2) is 9.97 Å². The second-order valence-electron chi connectivity index (χ2n) is 3.56. The van der Waals surface area contributed by atoms with Crippen molar-refractivity contribution in [2.75, 3.05) is 22.5 Å². The maximum absolute atomic E-state index is 5.81. The van der Waals surface area contributed by atoms with Gasteiger partial charge in [-0.2, -0.15) is 0 Å². The van der Waals surface area contributed by atoms with E-state index in [9.17, 15) is 0 Å². The number of anilines is 4. The number of rotatable bonds is 3. The van der Waals surface area contributed by atoms with Gasteiger partial charge in [0.05, 0.1) is 11.4 Å². The van der Waals surface area contributed by atoms with Crippen LogP contribution in [0.15, 0.2) is 30.6 Å². The van der Waals surface area contributed by atoms with Crippen LogP contribution in [-0.2, 0) is 6.54 Å². The highest BCUT2D eigenvalue weighted by Crippen LogP contribution is 2.19. The Bertz CT molecular complexity index is 525. The molecule has 0 saturated heterocycles. The zero-order valence-electron chi connectivity index (χ0n) is 9.22. The van der Waals surface area contributed by atoms with Gasteiger partial charge in [0.15, 0.2) is 0 Å². The molecule has 0 aliphatic heterocycles. The Morgan fingerprint density at radius 1 is 1.06 bits per heavy atom. The van der Waals surface area contributed by atoms with Crippen molar-refractivity contribution >= 4 is 23.0 Å². The lowest BCUT2D eigenvalue weighted by Crippen LogP contribution is -2.08. The van der Waals surface area contributed by atoms with Gasteiger partial charge in [0.2, 0.25) is 0 Å². The third-order valence-corrected chi connectivity index (χ3v) is 2.40. The SMILES string of the molecule is Nc1cccnc1NCc1ccnc(N)c1N. The number of hydrogen-bond donors (Lipinski definition) is 4. The highest BCUT2D eigenvalue weighted by Gasteiger charge is 2.04. The molecule has 0 fully saturated rings. The zero-order chi connectivity index (χ0) is 12.3. The van der Waals surface area contributed by atoms with Crippen LogP contribution in [0.3, 0.4) is 0 Å². The molecule has 2 heterocycles. The molecule has 0 aliphatic carbocycles. The van der Waals surface area contributed by atoms with E-state index in [2.05, 4.69) is 15.3 Å². The van der Waals surface area contributed by atoms with E-state index >= 15 is 0 Å². The maximum atomic E-state index is 5.81. The summed E-state index contributed by atoms with van der Waals surface area (Å²) in [7, 11) is 0. The van der Waals surface area contributed by atoms with Gasteiger partial charge in [0.25, 0.3) is 0 Å². The summed E-state index contributed by atoms with van der Waals surface area (Å²) in [4.78, 5) is 8.02. The first kappa shape index (κ1) is 11.0. The van der Waals surface area contributed by atoms with Crippen LogP contribution in [0.2, 0.25) is 0 Å². The highest BCUT2D eigenvalue weighted by molar-refractivity contribution is 5.65. The van der Waals surface area contributed by atoms with E-state index in [-0.39, 0.29) is 0 Å². The fraction of sp³-hybridized carbons (Fsp3) is 0.0909. The molecule has 17 heavy (non-hydrogen) atoms. The monoisotopic (exact) mass is 230 g/mol. The average molecular weight is 230 g/mol. The summed E-state index contributed by atoms with van der Waals surface area (Å²) in [6.45, 7) is 0.500. The molecule has 0 saturated carbocycles. The van der Waals surface area contributed by atoms with Gasteiger partial charge < -0.3 is 22.5 Å². The molecule has 0 radical (unpaired) electrons. The standard InChI is InChI=1S/C11H14N6/c12-8-2-1-4-16-11(8)17-6-7-3-5-15-10(14)9(7)13/h1-5H,6,12-13H2,(H2,14,15)(H,16,17). The van der Waals surface area contributed by atoms with Crippen LogP contribution >= 0.6 is 0 Å². The van der Waals surface area contributed by atoms with Crippen molar-refractivity contribution in [3.63, 3.8) is 0 Å². The Balaban J connectivity index is 2.13. The van der Waals surface area contributed by atoms with Gasteiger partial charge in [-0.25, -0.2) is 9.97 Å². The molecule has 0 spiro atoms. The molecule has 0 aromatic carbocycles. The molecular formula is C11H14N6. The molecule has 2 aromatic heterocycles. The predicted molar refractivity (Wildman–Crippen MR) is 69.0 cm³/mol. The number of pyridine rings is 2. The molecule has 6 nitrogen and oxygen atoms in total. The third kappa shape index (κ3) is 2.36. The second-order valence-corrected chi connectivity index (χ2v) is 3.56. The van der Waals surface area contributed by atoms with Crippen molar-refractivity contribution in [3.05, 3.63) is 36.2 Å². The molecule has 6 heteroatoms. The van der Waals surface area contributed by atoms with Crippen molar-refractivity contribution in [2.24, 2.45) is 0 Å². The van der Waals surface area contributed by atoms with Crippen LogP contribution in [0.4, 0.5) is 23.0 Å². The topological polar surface area (TPSA) is 116 Å². The average Bonchev–Trinajstić information content (AvgIpc) is 2.33. The molecule has 0 amide bonds. The highest BCUT2D eigenvalue weighted by atomic mass is 15.0. The molecular weight excluding hydrogens is 216 g/mol. The van der Waals surface area contributed by atoms with Gasteiger partial charge in [-0.05, 0) is 23.8 Å². The van der Waals surface area contributed by atoms with Gasteiger partial charge >= 0.3 is 0 Å². The molecule has 0 unspecified atom stereocenters. The summed E-state index contributed by atoms with van der Waals surface area (Å²) in [6, 6.07) is 5.36. The lowest BCUT2D eigenvalue weighted by Gasteiger charge is -2.10. The van der Waals surface area contributed by atoms with E-state index in [4.69, 9.17) is 17.2 Å². The third-order valence-electron chi connectivity index (χ3n) is 2.40. The minimum absolute atomic E-state index is 0.332. The van der Waals surface area contributed by atoms with E-state index in [1.807, 2.05) is 0 Å². The van der Waals surface area contributed by atoms with Gasteiger partial charge in [-0.1, -0.05) is 0 Å². The Labute approximate surface area is 98.9 Å². The molecule has 0 aliphatic rings. The predicted octanol–water partition coefficient (Wildman–Crippen LogP) is 0.835. The van der Waals surface area contributed by atoms with Crippen LogP contribution in [0.5, 0.6) is 0 Å². The smallest absolute Gasteiger partial charge is 0.149 e. The number of nitrogens with one attached hydrogen (secondary N) is 1. The van der Waals surface area contributed by atoms with Crippen LogP contribution in [0.1, 0.15) is 5.56 Å². The minimum atomic E-state index is 0.332. The number of nitrogen functional groups attached to an aromatic ring is 3. The normalized spacial score (nSPS) is 10.1. The Hall–Kier alpha value is -2.50. The Morgan fingerprint density at radius 2 is 1.88 bits per heavy atom. The maximum Gasteiger partial charge on any atom is 0.149 e. The number of aromatic nitrogens is 2. The first-order chi connectivity index (χ1) is 8.18. The first-order valence-electron chi connectivity index (χ1n) is 5.11. The van der Waals surface area contributed by atoms with Gasteiger partial charge in [-0.15, -0.1) is 0 Å². The molecule has 0 bridgehead atoms. The lowest BCUT2D eigenvalue weighted by atomic mass is 10.2. The second kappa shape index (κ2) is 4.56. The van der Waals surface area contributed by atoms with E-state index in [1.165, 1.54) is 0 Å². The molecule has 7 N–H and O–H groups in total. The van der Waals surface area contributed by atoms with Crippen LogP contribution in [0, 0.1) is 0 Å². The quantitative estimate of drug-likeness (QED) is 0.620. The van der Waals surface area contributed by atoms with Crippen molar-refractivity contribution in [2.45, 2.75) is 6.54 Å². The van der Waals surface area contributed by atoms with Crippen LogP contribution in [0.25, 0.3) is 0 Å². The van der Waals surface area contributed by atoms with Crippen molar-refractivity contribution in [1.82, 2.24) is 9.97 Å². The minimum Gasteiger partial charge on any atom is -0.396 e. The van der Waals surface area contributed by atoms with Crippen LogP contribution < -0.4 is 22.5 Å². The van der Waals surface area contributed by atoms with Crippen molar-refractivity contribution in [1.29, 1.82) is 0 Å². The fourth-order valence-corrected chi connectivity index (χ4v) is 1.43. The van der Waals surface area contributed by atoms with E-state index in [1.54, 1.807) is 30.6 Å². The fourth-order valence-electron chi connectivity index (χ4n) is 1.43. The number of hydrogen-bond acceptors (Lipinski definition) is 6. The molecule has 2 aromatic rings. The van der Waals surface area contributed by atoms with E-state index < -0.39 is 0 Å². The van der Waals surface area contributed by atoms with Gasteiger partial charge in [-0.3, -0.25) is 0 Å². The first-order valence-corrected chi connectivity index (χ1v) is 5.11. The summed E-state index contributed by atoms with van der Waals surface area (Å²) in [5.41, 5.74) is 19.1. The number of nitrogens with two attached hydrogens (primary N) is 3. The largest absolute Gasteiger partial charge is 0.396 e. The lowest BCUT2D eigenvalue weighted by molar-refractivity contribution is 1.11. The molecule has 2 rings (SSSR count). The summed E-state index contributed by atoms with van der Waals surface area (Å²) in [6.07, 6.45) is 3.29. The Kier molecular flexibility index (Phi) is 2.95. The van der Waals surface area contributed by atoms with E-state index in [0.717, 1.165) is 5.56 Å². The summed E-state index contributed by atoms with van der Waals surface area (Å²) in [5, 5.41) is 3.10. The van der Waals surface area contributed by atoms with Gasteiger partial charge in [0.1, 0.15) is 11.6 Å². The van der Waals surface area contributed by atoms with Gasteiger partial charge in [0, 0.05) is 18.9 Å². The summed E-state index contributed by atoms with van der Waals surface area (Å²) >= 11 is 0.